The maximum atomic E-state index is 12.9. The Kier molecular flexibility index (Phi) is 5.15. The molecule has 1 fully saturated rings. The molecule has 130 valence electrons. The van der Waals surface area contributed by atoms with Crippen LogP contribution in [-0.4, -0.2) is 48.2 Å². The number of hydrogen-bond donors (Lipinski definition) is 0. The molecule has 1 aliphatic rings. The summed E-state index contributed by atoms with van der Waals surface area (Å²) >= 11 is 7.45. The van der Waals surface area contributed by atoms with E-state index in [0.29, 0.717) is 11.6 Å². The Morgan fingerprint density at radius 2 is 2.29 bits per heavy atom. The Morgan fingerprint density at radius 1 is 1.50 bits per heavy atom. The van der Waals surface area contributed by atoms with E-state index >= 15 is 0 Å². The van der Waals surface area contributed by atoms with Crippen LogP contribution < -0.4 is 0 Å². The average molecular weight is 369 g/mol. The van der Waals surface area contributed by atoms with E-state index in [4.69, 9.17) is 11.6 Å². The number of amides is 1. The number of rotatable bonds is 5. The van der Waals surface area contributed by atoms with Crippen molar-refractivity contribution >= 4 is 29.3 Å². The van der Waals surface area contributed by atoms with Gasteiger partial charge in [-0.2, -0.15) is 5.10 Å². The highest BCUT2D eigenvalue weighted by Gasteiger charge is 2.35. The van der Waals surface area contributed by atoms with Crippen LogP contribution in [-0.2, 0) is 18.4 Å². The van der Waals surface area contributed by atoms with Crippen molar-refractivity contribution in [2.45, 2.75) is 37.5 Å². The van der Waals surface area contributed by atoms with Gasteiger partial charge in [0, 0.05) is 19.8 Å². The number of likely N-dealkylation sites (tertiary alicyclic amines) is 1. The molecule has 0 aromatic carbocycles. The molecule has 3 rings (SSSR count). The number of thioether (sulfide) groups is 1. The van der Waals surface area contributed by atoms with Crippen molar-refractivity contribution in [3.63, 3.8) is 0 Å². The van der Waals surface area contributed by atoms with Gasteiger partial charge in [0.15, 0.2) is 11.0 Å². The molecule has 1 amide bonds. The molecule has 0 saturated carbocycles. The van der Waals surface area contributed by atoms with Gasteiger partial charge in [0.05, 0.1) is 29.7 Å². The van der Waals surface area contributed by atoms with Crippen LogP contribution in [0.4, 0.5) is 0 Å². The van der Waals surface area contributed by atoms with Gasteiger partial charge in [0.1, 0.15) is 0 Å². The van der Waals surface area contributed by atoms with Gasteiger partial charge in [0.25, 0.3) is 0 Å². The van der Waals surface area contributed by atoms with Crippen molar-refractivity contribution in [3.05, 3.63) is 23.2 Å². The fourth-order valence-electron chi connectivity index (χ4n) is 3.17. The van der Waals surface area contributed by atoms with Crippen molar-refractivity contribution in [2.75, 3.05) is 12.8 Å². The first-order chi connectivity index (χ1) is 11.5. The minimum absolute atomic E-state index is 0.000408. The van der Waals surface area contributed by atoms with Crippen LogP contribution in [0, 0.1) is 5.92 Å². The van der Waals surface area contributed by atoms with Gasteiger partial charge in [0.2, 0.25) is 5.91 Å². The van der Waals surface area contributed by atoms with Crippen LogP contribution in [0.25, 0.3) is 0 Å². The summed E-state index contributed by atoms with van der Waals surface area (Å²) in [5, 5.41) is 14.1. The number of carbonyl (C=O) groups is 1. The lowest BCUT2D eigenvalue weighted by Crippen LogP contribution is -2.37. The first-order valence-corrected chi connectivity index (χ1v) is 9.53. The second-order valence-corrected chi connectivity index (χ2v) is 7.29. The van der Waals surface area contributed by atoms with Crippen LogP contribution in [0.2, 0.25) is 5.02 Å². The first kappa shape index (κ1) is 17.3. The monoisotopic (exact) mass is 368 g/mol. The highest BCUT2D eigenvalue weighted by atomic mass is 35.5. The number of halogens is 1. The summed E-state index contributed by atoms with van der Waals surface area (Å²) in [6, 6.07) is -0.000408. The third kappa shape index (κ3) is 3.30. The molecular formula is C15H21ClN6OS. The molecule has 9 heteroatoms. The zero-order valence-corrected chi connectivity index (χ0v) is 15.6. The Bertz CT molecular complexity index is 729. The van der Waals surface area contributed by atoms with Gasteiger partial charge in [-0.15, -0.1) is 10.2 Å². The summed E-state index contributed by atoms with van der Waals surface area (Å²) in [6.07, 6.45) is 7.20. The number of carbonyl (C=O) groups excluding carboxylic acids is 1. The zero-order valence-electron chi connectivity index (χ0n) is 14.0. The minimum atomic E-state index is -0.171. The maximum absolute atomic E-state index is 12.9. The van der Waals surface area contributed by atoms with Gasteiger partial charge in [-0.05, 0) is 19.1 Å². The van der Waals surface area contributed by atoms with E-state index in [1.165, 1.54) is 0 Å². The molecular weight excluding hydrogens is 348 g/mol. The molecule has 7 nitrogen and oxygen atoms in total. The molecule has 0 radical (unpaired) electrons. The smallest absolute Gasteiger partial charge is 0.227 e. The summed E-state index contributed by atoms with van der Waals surface area (Å²) in [6.45, 7) is 3.20. The summed E-state index contributed by atoms with van der Waals surface area (Å²) < 4.78 is 3.70. The Hall–Kier alpha value is -1.54. The van der Waals surface area contributed by atoms with Crippen LogP contribution in [0.3, 0.4) is 0 Å². The molecule has 2 aromatic rings. The van der Waals surface area contributed by atoms with Crippen molar-refractivity contribution in [1.82, 2.24) is 29.4 Å². The van der Waals surface area contributed by atoms with E-state index in [2.05, 4.69) is 15.3 Å². The Morgan fingerprint density at radius 3 is 2.92 bits per heavy atom. The normalized spacial score (nSPS) is 19.0. The first-order valence-electron chi connectivity index (χ1n) is 7.93. The highest BCUT2D eigenvalue weighted by Crippen LogP contribution is 2.33. The number of aromatic nitrogens is 5. The predicted molar refractivity (Wildman–Crippen MR) is 92.9 cm³/mol. The SMILES string of the molecule is CSc1nnc([C@H]2CCCN2C(=O)[C@H](C)Cn2cc(Cl)cn2)n1C. The summed E-state index contributed by atoms with van der Waals surface area (Å²) in [7, 11) is 1.96. The van der Waals surface area contributed by atoms with Crippen LogP contribution in [0.15, 0.2) is 17.6 Å². The fraction of sp³-hybridized carbons (Fsp3) is 0.600. The topological polar surface area (TPSA) is 68.8 Å². The molecule has 2 atom stereocenters. The molecule has 24 heavy (non-hydrogen) atoms. The third-order valence-corrected chi connectivity index (χ3v) is 5.29. The Balaban J connectivity index is 1.74. The van der Waals surface area contributed by atoms with Gasteiger partial charge < -0.3 is 9.47 Å². The van der Waals surface area contributed by atoms with Crippen molar-refractivity contribution < 1.29 is 4.79 Å². The Labute approximate surface area is 150 Å². The molecule has 0 N–H and O–H groups in total. The zero-order chi connectivity index (χ0) is 17.3. The molecule has 0 aliphatic carbocycles. The van der Waals surface area contributed by atoms with E-state index < -0.39 is 0 Å². The highest BCUT2D eigenvalue weighted by molar-refractivity contribution is 7.98. The van der Waals surface area contributed by atoms with Crippen molar-refractivity contribution in [3.8, 4) is 0 Å². The lowest BCUT2D eigenvalue weighted by molar-refractivity contribution is -0.136. The molecule has 0 bridgehead atoms. The molecule has 0 spiro atoms. The number of nitrogens with zero attached hydrogens (tertiary/aromatic N) is 6. The second kappa shape index (κ2) is 7.14. The second-order valence-electron chi connectivity index (χ2n) is 6.08. The van der Waals surface area contributed by atoms with Crippen LogP contribution >= 0.6 is 23.4 Å². The van der Waals surface area contributed by atoms with Crippen LogP contribution in [0.1, 0.15) is 31.6 Å². The van der Waals surface area contributed by atoms with Gasteiger partial charge in [-0.1, -0.05) is 30.3 Å². The lowest BCUT2D eigenvalue weighted by Gasteiger charge is -2.27. The van der Waals surface area contributed by atoms with E-state index in [1.807, 2.05) is 29.7 Å². The maximum Gasteiger partial charge on any atom is 0.227 e. The van der Waals surface area contributed by atoms with Gasteiger partial charge in [-0.3, -0.25) is 9.48 Å². The van der Waals surface area contributed by atoms with E-state index in [9.17, 15) is 4.79 Å². The van der Waals surface area contributed by atoms with Crippen molar-refractivity contribution in [1.29, 1.82) is 0 Å². The largest absolute Gasteiger partial charge is 0.332 e. The van der Waals surface area contributed by atoms with E-state index in [1.54, 1.807) is 28.8 Å². The minimum Gasteiger partial charge on any atom is -0.332 e. The summed E-state index contributed by atoms with van der Waals surface area (Å²) in [5.74, 6) is 0.812. The average Bonchev–Trinajstić information content (AvgIpc) is 3.26. The van der Waals surface area contributed by atoms with Gasteiger partial charge in [-0.25, -0.2) is 0 Å². The molecule has 3 heterocycles. The quantitative estimate of drug-likeness (QED) is 0.758. The molecule has 1 aliphatic heterocycles. The lowest BCUT2D eigenvalue weighted by atomic mass is 10.1. The van der Waals surface area contributed by atoms with E-state index in [-0.39, 0.29) is 17.9 Å². The van der Waals surface area contributed by atoms with E-state index in [0.717, 1.165) is 30.4 Å². The third-order valence-electron chi connectivity index (χ3n) is 4.37. The molecule has 1 saturated heterocycles. The molecule has 2 aromatic heterocycles. The van der Waals surface area contributed by atoms with Crippen LogP contribution in [0.5, 0.6) is 0 Å². The number of hydrogen-bond acceptors (Lipinski definition) is 5. The molecule has 0 unspecified atom stereocenters. The summed E-state index contributed by atoms with van der Waals surface area (Å²) in [4.78, 5) is 14.9. The summed E-state index contributed by atoms with van der Waals surface area (Å²) in [5.41, 5.74) is 0. The predicted octanol–water partition coefficient (Wildman–Crippen LogP) is 2.39. The van der Waals surface area contributed by atoms with Crippen molar-refractivity contribution in [2.24, 2.45) is 13.0 Å². The van der Waals surface area contributed by atoms with Gasteiger partial charge >= 0.3 is 0 Å². The fourth-order valence-corrected chi connectivity index (χ4v) is 3.82. The standard InChI is InChI=1S/C15H21ClN6OS/c1-10(8-21-9-11(16)7-17-21)14(23)22-6-4-5-12(22)13-18-19-15(24-3)20(13)2/h7,9-10,12H,4-6,8H2,1-3H3/t10-,12-/m1/s1.